The molecule has 0 unspecified atom stereocenters. The number of phenols is 2. The number of aliphatic hydroxyl groups is 1. The predicted octanol–water partition coefficient (Wildman–Crippen LogP) is -0.279. The first-order valence-corrected chi connectivity index (χ1v) is 37.7. The van der Waals surface area contributed by atoms with Crippen LogP contribution < -0.4 is 87.2 Å². The summed E-state index contributed by atoms with van der Waals surface area (Å²) in [5.74, 6) is -13.8. The molecule has 14 amide bonds. The Morgan fingerprint density at radius 3 is 1.26 bits per heavy atom. The van der Waals surface area contributed by atoms with Gasteiger partial charge in [-0.2, -0.15) is 0 Å². The number of guanidine groups is 1. The van der Waals surface area contributed by atoms with E-state index in [0.29, 0.717) is 23.1 Å². The second-order valence-corrected chi connectivity index (χ2v) is 27.8. The Bertz CT molecular complexity index is 3470. The lowest BCUT2D eigenvalue weighted by molar-refractivity contribution is -0.137. The van der Waals surface area contributed by atoms with E-state index in [0.717, 1.165) is 32.6 Å². The number of phenolic OH excluding ortho intramolecular Hbond substituents is 2. The SMILES string of the molecule is CCCCCCCCCCCCCCCC(=O)NCCCC[C@H](NC(=O)[C@H](CC(N)=O)NC(=O)[C@H](Cc1ccc(O)cc1)NC(C)=O)C(=O)N[C@@H](CC(N)=O)C(=O)N[C@@H](CO)C(=O)N[C@@H](Cc1ccccc1)C(=O)NCC(=O)N[C@@H](CC(C)C)C(=O)N[C@@H](CCCN=C(N)N)C(=O)N[C@@H](Cc1ccc(O)cc1)C(N)=O. The standard InChI is InChI=1S/C76H117N17O17/c1-5-6-7-8-9-10-11-12-13-14-15-16-20-28-65(100)82-37-22-21-26-54(87-73(108)60(43-63(77)98)92-72(107)59(85-48(4)95)42-51-31-35-53(97)36-32-51)70(105)91-61(44-64(78)99)74(109)93-62(46-94)75(110)90-58(41-49-24-18-17-19-25-49)68(103)84-45-66(101)86-57(39-47(2)3)71(106)88-55(27-23-38-83-76(80)81)69(104)89-56(67(79)102)40-50-29-33-52(96)34-30-50/h17-19,24-25,29-36,47,54-62,94,96-97H,5-16,20-23,26-28,37-46H2,1-4H3,(H2,77,98)(H2,78,99)(H2,79,102)(H,82,100)(H,84,103)(H,85,95)(H,86,101)(H,87,108)(H,88,106)(H,89,104)(H,90,110)(H,91,105)(H,92,107)(H,93,109)(H4,80,81,83)/t54-,55-,56-,57-,58-,59-,60-,61-,62-/m0/s1. The number of rotatable bonds is 56. The predicted molar refractivity (Wildman–Crippen MR) is 410 cm³/mol. The van der Waals surface area contributed by atoms with E-state index in [1.165, 1.54) is 99.9 Å². The third-order valence-electron chi connectivity index (χ3n) is 17.7. The number of carbonyl (C=O) groups excluding carboxylic acids is 14. The number of amides is 14. The highest BCUT2D eigenvalue weighted by Gasteiger charge is 2.36. The molecule has 24 N–H and O–H groups in total. The largest absolute Gasteiger partial charge is 0.508 e. The summed E-state index contributed by atoms with van der Waals surface area (Å²) in [6.07, 6.45) is 13.1. The molecule has 110 heavy (non-hydrogen) atoms. The van der Waals surface area contributed by atoms with Gasteiger partial charge in [0.05, 0.1) is 26.0 Å². The fourth-order valence-electron chi connectivity index (χ4n) is 11.8. The number of hydrogen-bond acceptors (Lipinski definition) is 18. The number of unbranched alkanes of at least 4 members (excludes halogenated alkanes) is 13. The van der Waals surface area contributed by atoms with E-state index in [-0.39, 0.29) is 107 Å². The molecule has 3 aromatic rings. The maximum Gasteiger partial charge on any atom is 0.245 e. The normalized spacial score (nSPS) is 13.4. The molecule has 3 rings (SSSR count). The first-order chi connectivity index (χ1) is 52.4. The van der Waals surface area contributed by atoms with Crippen LogP contribution in [0.15, 0.2) is 83.9 Å². The summed E-state index contributed by atoms with van der Waals surface area (Å²) in [5.41, 5.74) is 29.3. The van der Waals surface area contributed by atoms with Crippen molar-refractivity contribution >= 4 is 88.7 Å². The van der Waals surface area contributed by atoms with Crippen LogP contribution in [0.4, 0.5) is 0 Å². The number of aliphatic hydroxyl groups excluding tert-OH is 1. The van der Waals surface area contributed by atoms with E-state index in [1.807, 2.05) is 0 Å². The highest BCUT2D eigenvalue weighted by molar-refractivity contribution is 6.00. The Balaban J connectivity index is 1.84. The Kier molecular flexibility index (Phi) is 44.3. The summed E-state index contributed by atoms with van der Waals surface area (Å²) in [6, 6.07) is 5.55. The van der Waals surface area contributed by atoms with Crippen LogP contribution in [0.3, 0.4) is 0 Å². The molecule has 0 fully saturated rings. The Hall–Kier alpha value is -10.9. The maximum atomic E-state index is 14.5. The van der Waals surface area contributed by atoms with Gasteiger partial charge in [-0.3, -0.25) is 72.1 Å². The summed E-state index contributed by atoms with van der Waals surface area (Å²) in [6.45, 7) is 5.09. The highest BCUT2D eigenvalue weighted by atomic mass is 16.3. The first-order valence-electron chi connectivity index (χ1n) is 37.7. The number of nitrogens with one attached hydrogen (secondary N) is 11. The van der Waals surface area contributed by atoms with Crippen molar-refractivity contribution in [3.63, 3.8) is 0 Å². The van der Waals surface area contributed by atoms with Crippen molar-refractivity contribution in [2.45, 2.75) is 243 Å². The molecular formula is C76H117N17O17. The van der Waals surface area contributed by atoms with Gasteiger partial charge in [0.15, 0.2) is 5.96 Å². The van der Waals surface area contributed by atoms with Crippen molar-refractivity contribution in [1.82, 2.24) is 58.5 Å². The van der Waals surface area contributed by atoms with Gasteiger partial charge in [-0.15, -0.1) is 0 Å². The molecule has 0 aliphatic carbocycles. The second kappa shape index (κ2) is 52.2. The molecule has 9 atom stereocenters. The summed E-state index contributed by atoms with van der Waals surface area (Å²) in [4.78, 5) is 194. The van der Waals surface area contributed by atoms with E-state index in [2.05, 4.69) is 70.4 Å². The Morgan fingerprint density at radius 2 is 0.800 bits per heavy atom. The zero-order chi connectivity index (χ0) is 81.5. The molecule has 0 radical (unpaired) electrons. The van der Waals surface area contributed by atoms with Gasteiger partial charge in [0, 0.05) is 45.7 Å². The van der Waals surface area contributed by atoms with Crippen molar-refractivity contribution in [2.24, 2.45) is 39.6 Å². The van der Waals surface area contributed by atoms with Gasteiger partial charge in [-0.1, -0.05) is 152 Å². The third kappa shape index (κ3) is 39.8. The number of benzene rings is 3. The van der Waals surface area contributed by atoms with Crippen LogP contribution in [0.5, 0.6) is 11.5 Å². The molecule has 0 spiro atoms. The van der Waals surface area contributed by atoms with Crippen molar-refractivity contribution in [1.29, 1.82) is 0 Å². The van der Waals surface area contributed by atoms with Gasteiger partial charge < -0.3 is 102 Å². The topological polar surface area (TPSA) is 574 Å². The van der Waals surface area contributed by atoms with E-state index in [1.54, 1.807) is 44.2 Å². The monoisotopic (exact) mass is 1540 g/mol. The molecule has 0 aliphatic heterocycles. The minimum Gasteiger partial charge on any atom is -0.508 e. The van der Waals surface area contributed by atoms with Crippen molar-refractivity contribution in [2.75, 3.05) is 26.2 Å². The molecule has 0 saturated carbocycles. The van der Waals surface area contributed by atoms with Crippen LogP contribution in [0.25, 0.3) is 0 Å². The number of aromatic hydroxyl groups is 2. The summed E-state index contributed by atoms with van der Waals surface area (Å²) in [5, 5.41) is 57.7. The Labute approximate surface area is 642 Å². The van der Waals surface area contributed by atoms with Gasteiger partial charge in [0.25, 0.3) is 0 Å². The molecular weight excluding hydrogens is 1420 g/mol. The minimum atomic E-state index is -1.94. The zero-order valence-electron chi connectivity index (χ0n) is 63.7. The molecule has 0 aliphatic rings. The number of nitrogens with two attached hydrogens (primary N) is 5. The van der Waals surface area contributed by atoms with E-state index < -0.39 is 157 Å². The zero-order valence-corrected chi connectivity index (χ0v) is 63.7. The lowest BCUT2D eigenvalue weighted by Gasteiger charge is -2.27. The highest BCUT2D eigenvalue weighted by Crippen LogP contribution is 2.17. The van der Waals surface area contributed by atoms with E-state index >= 15 is 0 Å². The van der Waals surface area contributed by atoms with Crippen LogP contribution in [0.1, 0.15) is 186 Å². The molecule has 0 bridgehead atoms. The molecule has 34 nitrogen and oxygen atoms in total. The fraction of sp³-hybridized carbons (Fsp3) is 0.566. The summed E-state index contributed by atoms with van der Waals surface area (Å²) < 4.78 is 0. The molecule has 34 heteroatoms. The summed E-state index contributed by atoms with van der Waals surface area (Å²) in [7, 11) is 0. The van der Waals surface area contributed by atoms with Crippen LogP contribution in [-0.4, -0.2) is 185 Å². The average molecular weight is 1540 g/mol. The van der Waals surface area contributed by atoms with Crippen molar-refractivity contribution in [3.8, 4) is 11.5 Å². The van der Waals surface area contributed by atoms with Gasteiger partial charge >= 0.3 is 0 Å². The quantitative estimate of drug-likeness (QED) is 0.0196. The minimum absolute atomic E-state index is 0.0106. The third-order valence-corrected chi connectivity index (χ3v) is 17.7. The van der Waals surface area contributed by atoms with Crippen molar-refractivity contribution in [3.05, 3.63) is 95.6 Å². The molecule has 0 saturated heterocycles. The number of carbonyl (C=O) groups is 14. The summed E-state index contributed by atoms with van der Waals surface area (Å²) >= 11 is 0. The van der Waals surface area contributed by atoms with E-state index in [9.17, 15) is 82.4 Å². The van der Waals surface area contributed by atoms with Gasteiger partial charge in [-0.05, 0) is 91.8 Å². The maximum absolute atomic E-state index is 14.5. The average Bonchev–Trinajstić information content (AvgIpc) is 0.869. The Morgan fingerprint density at radius 1 is 0.400 bits per heavy atom. The fourth-order valence-corrected chi connectivity index (χ4v) is 11.8. The van der Waals surface area contributed by atoms with Crippen LogP contribution in [0, 0.1) is 5.92 Å². The van der Waals surface area contributed by atoms with Gasteiger partial charge in [-0.25, -0.2) is 0 Å². The number of primary amides is 3. The van der Waals surface area contributed by atoms with Crippen molar-refractivity contribution < 1.29 is 82.4 Å². The number of nitrogens with zero attached hydrogens (tertiary/aromatic N) is 1. The second-order valence-electron chi connectivity index (χ2n) is 27.8. The van der Waals surface area contributed by atoms with E-state index in [4.69, 9.17) is 28.7 Å². The van der Waals surface area contributed by atoms with Gasteiger partial charge in [0.2, 0.25) is 82.7 Å². The first kappa shape index (κ1) is 93.3. The van der Waals surface area contributed by atoms with Gasteiger partial charge in [0.1, 0.15) is 65.9 Å². The molecule has 0 aromatic heterocycles. The molecule has 608 valence electrons. The molecule has 0 heterocycles. The van der Waals surface area contributed by atoms with Crippen LogP contribution in [-0.2, 0) is 86.4 Å². The van der Waals surface area contributed by atoms with Crippen LogP contribution >= 0.6 is 0 Å². The number of hydrogen-bond donors (Lipinski definition) is 19. The number of aliphatic imine (C=N–C) groups is 1. The smallest absolute Gasteiger partial charge is 0.245 e. The lowest BCUT2D eigenvalue weighted by Crippen LogP contribution is -2.61. The van der Waals surface area contributed by atoms with Crippen LogP contribution in [0.2, 0.25) is 0 Å². The lowest BCUT2D eigenvalue weighted by atomic mass is 10.0. The molecule has 3 aromatic carbocycles.